The van der Waals surface area contributed by atoms with Crippen LogP contribution >= 0.6 is 0 Å². The third-order valence-corrected chi connectivity index (χ3v) is 3.28. The molecule has 1 fully saturated rings. The smallest absolute Gasteiger partial charge is 0.369 e. The van der Waals surface area contributed by atoms with Gasteiger partial charge < -0.3 is 10.6 Å². The van der Waals surface area contributed by atoms with Gasteiger partial charge in [-0.05, 0) is 25.0 Å². The second-order valence-electron chi connectivity index (χ2n) is 4.80. The van der Waals surface area contributed by atoms with Crippen LogP contribution in [-0.2, 0) is 0 Å². The first-order valence-electron chi connectivity index (χ1n) is 5.86. The number of pyridine rings is 1. The number of nitrogens with two attached hydrogens (primary N) is 1. The summed E-state index contributed by atoms with van der Waals surface area (Å²) < 4.78 is 38.4. The van der Waals surface area contributed by atoms with E-state index in [0.29, 0.717) is 6.54 Å². The second-order valence-corrected chi connectivity index (χ2v) is 4.80. The van der Waals surface area contributed by atoms with E-state index in [-0.39, 0.29) is 13.0 Å². The molecule has 1 aromatic heterocycles. The van der Waals surface area contributed by atoms with Crippen LogP contribution in [0.25, 0.3) is 0 Å². The normalized spacial score (nSPS) is 25.3. The molecule has 0 spiro atoms. The van der Waals surface area contributed by atoms with Gasteiger partial charge in [0.1, 0.15) is 0 Å². The Balaban J connectivity index is 2.22. The molecule has 100 valence electrons. The number of anilines is 1. The number of halogens is 3. The topological polar surface area (TPSA) is 42.2 Å². The molecule has 0 aliphatic carbocycles. The summed E-state index contributed by atoms with van der Waals surface area (Å²) in [5.74, 6) is -1.35. The van der Waals surface area contributed by atoms with E-state index in [1.54, 1.807) is 23.4 Å². The fourth-order valence-corrected chi connectivity index (χ4v) is 2.39. The van der Waals surface area contributed by atoms with Gasteiger partial charge in [-0.15, -0.1) is 0 Å². The average molecular weight is 259 g/mol. The number of aromatic nitrogens is 1. The molecule has 1 saturated heterocycles. The lowest BCUT2D eigenvalue weighted by Gasteiger charge is -2.39. The first-order chi connectivity index (χ1) is 8.38. The van der Waals surface area contributed by atoms with Gasteiger partial charge in [0.15, 0.2) is 0 Å². The predicted octanol–water partition coefficient (Wildman–Crippen LogP) is 2.11. The van der Waals surface area contributed by atoms with Crippen LogP contribution in [0.1, 0.15) is 12.0 Å². The minimum atomic E-state index is -4.18. The standard InChI is InChI=1S/C12H16F3N3/c1-8-5-17-3-2-11(8)18-6-9(12(13,14)15)4-10(16)7-18/h2-3,5,9-10H,4,6-7,16H2,1H3/t9-,10+/m1/s1. The first kappa shape index (κ1) is 13.1. The first-order valence-corrected chi connectivity index (χ1v) is 5.86. The van der Waals surface area contributed by atoms with Gasteiger partial charge in [0.05, 0.1) is 5.92 Å². The molecule has 2 atom stereocenters. The van der Waals surface area contributed by atoms with E-state index in [1.165, 1.54) is 0 Å². The molecular weight excluding hydrogens is 243 g/mol. The van der Waals surface area contributed by atoms with Crippen molar-refractivity contribution in [2.45, 2.75) is 25.6 Å². The highest BCUT2D eigenvalue weighted by atomic mass is 19.4. The molecular formula is C12H16F3N3. The zero-order chi connectivity index (χ0) is 13.3. The van der Waals surface area contributed by atoms with Crippen molar-refractivity contribution in [1.82, 2.24) is 4.98 Å². The summed E-state index contributed by atoms with van der Waals surface area (Å²) >= 11 is 0. The summed E-state index contributed by atoms with van der Waals surface area (Å²) in [6.45, 7) is 2.27. The van der Waals surface area contributed by atoms with E-state index in [9.17, 15) is 13.2 Å². The van der Waals surface area contributed by atoms with E-state index in [0.717, 1.165) is 11.3 Å². The van der Waals surface area contributed by atoms with Crippen LogP contribution in [0.3, 0.4) is 0 Å². The summed E-state index contributed by atoms with van der Waals surface area (Å²) in [6, 6.07) is 1.29. The monoisotopic (exact) mass is 259 g/mol. The summed E-state index contributed by atoms with van der Waals surface area (Å²) in [5.41, 5.74) is 7.40. The second kappa shape index (κ2) is 4.76. The molecule has 2 heterocycles. The lowest BCUT2D eigenvalue weighted by Crippen LogP contribution is -2.51. The Morgan fingerprint density at radius 1 is 1.39 bits per heavy atom. The van der Waals surface area contributed by atoms with Crippen molar-refractivity contribution in [2.75, 3.05) is 18.0 Å². The molecule has 0 radical (unpaired) electrons. The van der Waals surface area contributed by atoms with Crippen molar-refractivity contribution in [3.05, 3.63) is 24.0 Å². The third-order valence-electron chi connectivity index (χ3n) is 3.28. The fourth-order valence-electron chi connectivity index (χ4n) is 2.39. The quantitative estimate of drug-likeness (QED) is 0.840. The number of piperidine rings is 1. The molecule has 1 aliphatic heterocycles. The average Bonchev–Trinajstić information content (AvgIpc) is 2.27. The van der Waals surface area contributed by atoms with Gasteiger partial charge in [-0.1, -0.05) is 0 Å². The van der Waals surface area contributed by atoms with Crippen LogP contribution in [0.15, 0.2) is 18.5 Å². The largest absolute Gasteiger partial charge is 0.393 e. The Morgan fingerprint density at radius 3 is 2.72 bits per heavy atom. The summed E-state index contributed by atoms with van der Waals surface area (Å²) in [5, 5.41) is 0. The molecule has 1 aromatic rings. The number of alkyl halides is 3. The predicted molar refractivity (Wildman–Crippen MR) is 63.3 cm³/mol. The Bertz CT molecular complexity index is 419. The number of nitrogens with zero attached hydrogens (tertiary/aromatic N) is 2. The van der Waals surface area contributed by atoms with Gasteiger partial charge in [0.25, 0.3) is 0 Å². The van der Waals surface area contributed by atoms with Crippen molar-refractivity contribution in [3.8, 4) is 0 Å². The van der Waals surface area contributed by atoms with Crippen LogP contribution in [-0.4, -0.2) is 30.3 Å². The molecule has 6 heteroatoms. The van der Waals surface area contributed by atoms with Crippen molar-refractivity contribution < 1.29 is 13.2 Å². The minimum Gasteiger partial charge on any atom is -0.369 e. The highest BCUT2D eigenvalue weighted by Crippen LogP contribution is 2.35. The Kier molecular flexibility index (Phi) is 3.47. The van der Waals surface area contributed by atoms with Gasteiger partial charge in [0.2, 0.25) is 0 Å². The summed E-state index contributed by atoms with van der Waals surface area (Å²) in [7, 11) is 0. The van der Waals surface area contributed by atoms with Crippen LogP contribution < -0.4 is 10.6 Å². The van der Waals surface area contributed by atoms with E-state index < -0.39 is 18.1 Å². The molecule has 0 bridgehead atoms. The highest BCUT2D eigenvalue weighted by molar-refractivity contribution is 5.52. The minimum absolute atomic E-state index is 0.00410. The van der Waals surface area contributed by atoms with E-state index in [1.807, 2.05) is 6.92 Å². The molecule has 2 rings (SSSR count). The molecule has 0 aromatic carbocycles. The van der Waals surface area contributed by atoms with Crippen LogP contribution in [0.5, 0.6) is 0 Å². The molecule has 0 unspecified atom stereocenters. The van der Waals surface area contributed by atoms with E-state index in [2.05, 4.69) is 4.98 Å². The lowest BCUT2D eigenvalue weighted by atomic mass is 9.93. The maximum absolute atomic E-state index is 12.8. The number of aryl methyl sites for hydroxylation is 1. The maximum Gasteiger partial charge on any atom is 0.393 e. The van der Waals surface area contributed by atoms with Gasteiger partial charge in [0, 0.05) is 37.2 Å². The van der Waals surface area contributed by atoms with E-state index in [4.69, 9.17) is 5.73 Å². The summed E-state index contributed by atoms with van der Waals surface area (Å²) in [4.78, 5) is 5.66. The van der Waals surface area contributed by atoms with Gasteiger partial charge in [-0.3, -0.25) is 4.98 Å². The molecule has 0 amide bonds. The third kappa shape index (κ3) is 2.75. The number of hydrogen-bond donors (Lipinski definition) is 1. The molecule has 3 nitrogen and oxygen atoms in total. The van der Waals surface area contributed by atoms with Crippen molar-refractivity contribution in [3.63, 3.8) is 0 Å². The fraction of sp³-hybridized carbons (Fsp3) is 0.583. The summed E-state index contributed by atoms with van der Waals surface area (Å²) in [6.07, 6.45) is -0.940. The Labute approximate surface area is 104 Å². The molecule has 0 saturated carbocycles. The maximum atomic E-state index is 12.8. The van der Waals surface area contributed by atoms with Crippen LogP contribution in [0.4, 0.5) is 18.9 Å². The lowest BCUT2D eigenvalue weighted by molar-refractivity contribution is -0.177. The SMILES string of the molecule is Cc1cnccc1N1C[C@@H](N)C[C@@H](C(F)(F)F)C1. The van der Waals surface area contributed by atoms with Gasteiger partial charge in [-0.2, -0.15) is 13.2 Å². The van der Waals surface area contributed by atoms with Crippen molar-refractivity contribution in [1.29, 1.82) is 0 Å². The zero-order valence-corrected chi connectivity index (χ0v) is 10.1. The number of hydrogen-bond acceptors (Lipinski definition) is 3. The Hall–Kier alpha value is -1.30. The number of rotatable bonds is 1. The van der Waals surface area contributed by atoms with Crippen molar-refractivity contribution in [2.24, 2.45) is 11.7 Å². The molecule has 2 N–H and O–H groups in total. The van der Waals surface area contributed by atoms with E-state index >= 15 is 0 Å². The molecule has 1 aliphatic rings. The highest BCUT2D eigenvalue weighted by Gasteiger charge is 2.44. The van der Waals surface area contributed by atoms with Gasteiger partial charge in [-0.25, -0.2) is 0 Å². The van der Waals surface area contributed by atoms with Gasteiger partial charge >= 0.3 is 6.18 Å². The van der Waals surface area contributed by atoms with Crippen molar-refractivity contribution >= 4 is 5.69 Å². The Morgan fingerprint density at radius 2 is 2.11 bits per heavy atom. The van der Waals surface area contributed by atoms with Crippen LogP contribution in [0, 0.1) is 12.8 Å². The zero-order valence-electron chi connectivity index (χ0n) is 10.1. The molecule has 18 heavy (non-hydrogen) atoms. The van der Waals surface area contributed by atoms with Crippen LogP contribution in [0.2, 0.25) is 0 Å².